The van der Waals surface area contributed by atoms with Gasteiger partial charge in [-0.15, -0.1) is 0 Å². The molecule has 1 saturated heterocycles. The first-order valence-electron chi connectivity index (χ1n) is 8.49. The summed E-state index contributed by atoms with van der Waals surface area (Å²) in [5, 5.41) is 14.2. The lowest BCUT2D eigenvalue weighted by molar-refractivity contribution is 0.0780. The van der Waals surface area contributed by atoms with Gasteiger partial charge in [-0.1, -0.05) is 0 Å². The number of hydrogen-bond acceptors (Lipinski definition) is 5. The molecule has 4 heterocycles. The Labute approximate surface area is 154 Å². The SMILES string of the molecule is Cc1ccc2c(=O)c(C(=O)N3C[C@@H](CO)[C@H](c4ccsc4)C3)c[nH]c2n1. The number of aliphatic hydroxyl groups excluding tert-OH is 1. The maximum absolute atomic E-state index is 13.0. The molecule has 2 N–H and O–H groups in total. The zero-order valence-electron chi connectivity index (χ0n) is 14.3. The number of fused-ring (bicyclic) bond motifs is 1. The van der Waals surface area contributed by atoms with Crippen LogP contribution in [0.2, 0.25) is 0 Å². The van der Waals surface area contributed by atoms with Gasteiger partial charge in [-0.05, 0) is 41.4 Å². The normalized spacial score (nSPS) is 20.0. The van der Waals surface area contributed by atoms with Crippen LogP contribution in [-0.4, -0.2) is 45.6 Å². The molecular weight excluding hydrogens is 350 g/mol. The molecule has 1 amide bonds. The molecule has 1 aliphatic heterocycles. The van der Waals surface area contributed by atoms with Crippen molar-refractivity contribution in [2.24, 2.45) is 5.92 Å². The van der Waals surface area contributed by atoms with Crippen LogP contribution in [0.15, 0.2) is 40.0 Å². The predicted octanol–water partition coefficient (Wildman–Crippen LogP) is 2.14. The number of amides is 1. The van der Waals surface area contributed by atoms with Crippen molar-refractivity contribution in [3.63, 3.8) is 0 Å². The van der Waals surface area contributed by atoms with Gasteiger partial charge in [0.25, 0.3) is 5.91 Å². The van der Waals surface area contributed by atoms with Gasteiger partial charge in [-0.2, -0.15) is 11.3 Å². The van der Waals surface area contributed by atoms with Gasteiger partial charge in [0.2, 0.25) is 5.43 Å². The zero-order chi connectivity index (χ0) is 18.3. The van der Waals surface area contributed by atoms with Crippen LogP contribution >= 0.6 is 11.3 Å². The summed E-state index contributed by atoms with van der Waals surface area (Å²) in [4.78, 5) is 34.6. The van der Waals surface area contributed by atoms with Crippen LogP contribution in [0.1, 0.15) is 27.5 Å². The molecule has 0 bridgehead atoms. The predicted molar refractivity (Wildman–Crippen MR) is 101 cm³/mol. The minimum atomic E-state index is -0.309. The van der Waals surface area contributed by atoms with Crippen LogP contribution in [0.4, 0.5) is 0 Å². The fourth-order valence-corrected chi connectivity index (χ4v) is 4.34. The monoisotopic (exact) mass is 369 g/mol. The number of nitrogens with zero attached hydrogens (tertiary/aromatic N) is 2. The third kappa shape index (κ3) is 2.83. The van der Waals surface area contributed by atoms with Crippen LogP contribution < -0.4 is 5.43 Å². The Bertz CT molecular complexity index is 1010. The molecule has 0 aromatic carbocycles. The molecule has 1 fully saturated rings. The quantitative estimate of drug-likeness (QED) is 0.741. The van der Waals surface area contributed by atoms with Gasteiger partial charge < -0.3 is 15.0 Å². The second-order valence-electron chi connectivity index (χ2n) is 6.70. The number of aromatic nitrogens is 2. The topological polar surface area (TPSA) is 86.3 Å². The zero-order valence-corrected chi connectivity index (χ0v) is 15.1. The van der Waals surface area contributed by atoms with Crippen LogP contribution in [0.5, 0.6) is 0 Å². The van der Waals surface area contributed by atoms with Gasteiger partial charge in [0.15, 0.2) is 0 Å². The van der Waals surface area contributed by atoms with E-state index in [1.807, 2.05) is 18.4 Å². The van der Waals surface area contributed by atoms with Crippen LogP contribution in [-0.2, 0) is 0 Å². The molecule has 134 valence electrons. The molecule has 1 aliphatic rings. The lowest BCUT2D eigenvalue weighted by atomic mass is 9.92. The van der Waals surface area contributed by atoms with E-state index >= 15 is 0 Å². The van der Waals surface area contributed by atoms with Crippen molar-refractivity contribution >= 4 is 28.3 Å². The third-order valence-corrected chi connectivity index (χ3v) is 5.74. The Morgan fingerprint density at radius 2 is 2.23 bits per heavy atom. The number of hydrogen-bond donors (Lipinski definition) is 2. The third-order valence-electron chi connectivity index (χ3n) is 5.04. The summed E-state index contributed by atoms with van der Waals surface area (Å²) in [6, 6.07) is 5.49. The standard InChI is InChI=1S/C19H19N3O3S/c1-11-2-3-14-17(24)15(6-20-18(14)21-11)19(25)22-7-13(9-23)16(8-22)12-4-5-26-10-12/h2-6,10,13,16,23H,7-9H2,1H3,(H,20,21,24)/t13-,16-/m0/s1. The highest BCUT2D eigenvalue weighted by Gasteiger charge is 2.36. The molecule has 0 aliphatic carbocycles. The average molecular weight is 369 g/mol. The highest BCUT2D eigenvalue weighted by atomic mass is 32.1. The number of thiophene rings is 1. The molecule has 0 saturated carbocycles. The average Bonchev–Trinajstić information content (AvgIpc) is 3.30. The summed E-state index contributed by atoms with van der Waals surface area (Å²) in [6.45, 7) is 2.81. The fourth-order valence-electron chi connectivity index (χ4n) is 3.62. The van der Waals surface area contributed by atoms with E-state index < -0.39 is 0 Å². The van der Waals surface area contributed by atoms with Gasteiger partial charge in [0.1, 0.15) is 11.2 Å². The Hall–Kier alpha value is -2.51. The van der Waals surface area contributed by atoms with Gasteiger partial charge in [0.05, 0.1) is 5.39 Å². The van der Waals surface area contributed by atoms with E-state index in [0.29, 0.717) is 24.1 Å². The minimum absolute atomic E-state index is 0.0154. The van der Waals surface area contributed by atoms with Crippen LogP contribution in [0.25, 0.3) is 11.0 Å². The first-order valence-corrected chi connectivity index (χ1v) is 9.44. The summed E-state index contributed by atoms with van der Waals surface area (Å²) in [5.74, 6) is -0.221. The number of nitrogens with one attached hydrogen (secondary N) is 1. The van der Waals surface area contributed by atoms with Gasteiger partial charge in [-0.3, -0.25) is 9.59 Å². The van der Waals surface area contributed by atoms with E-state index in [1.165, 1.54) is 6.20 Å². The van der Waals surface area contributed by atoms with Crippen molar-refractivity contribution in [3.8, 4) is 0 Å². The number of pyridine rings is 2. The molecule has 0 radical (unpaired) electrons. The second-order valence-corrected chi connectivity index (χ2v) is 7.48. The van der Waals surface area contributed by atoms with E-state index in [0.717, 1.165) is 11.3 Å². The molecular formula is C19H19N3O3S. The van der Waals surface area contributed by atoms with Crippen molar-refractivity contribution in [1.29, 1.82) is 0 Å². The first-order chi connectivity index (χ1) is 12.6. The Morgan fingerprint density at radius 1 is 1.38 bits per heavy atom. The van der Waals surface area contributed by atoms with Gasteiger partial charge in [0, 0.05) is 43.4 Å². The number of aromatic amines is 1. The number of aliphatic hydroxyl groups is 1. The molecule has 26 heavy (non-hydrogen) atoms. The fraction of sp³-hybridized carbons (Fsp3) is 0.316. The Balaban J connectivity index is 1.66. The molecule has 2 atom stereocenters. The smallest absolute Gasteiger partial charge is 0.259 e. The summed E-state index contributed by atoms with van der Waals surface area (Å²) in [6.07, 6.45) is 1.45. The second kappa shape index (κ2) is 6.66. The number of rotatable bonds is 3. The number of aryl methyl sites for hydroxylation is 1. The molecule has 3 aromatic heterocycles. The van der Waals surface area contributed by atoms with Crippen LogP contribution in [0.3, 0.4) is 0 Å². The maximum Gasteiger partial charge on any atom is 0.259 e. The molecule has 0 unspecified atom stereocenters. The van der Waals surface area contributed by atoms with E-state index in [2.05, 4.69) is 15.3 Å². The van der Waals surface area contributed by atoms with Gasteiger partial charge in [-0.25, -0.2) is 4.98 Å². The van der Waals surface area contributed by atoms with Crippen molar-refractivity contribution in [3.05, 3.63) is 62.2 Å². The van der Waals surface area contributed by atoms with E-state index in [4.69, 9.17) is 0 Å². The molecule has 7 heteroatoms. The highest BCUT2D eigenvalue weighted by molar-refractivity contribution is 7.08. The summed E-state index contributed by atoms with van der Waals surface area (Å²) in [5.41, 5.74) is 2.23. The first kappa shape index (κ1) is 16.9. The number of H-pyrrole nitrogens is 1. The van der Waals surface area contributed by atoms with Gasteiger partial charge >= 0.3 is 0 Å². The lowest BCUT2D eigenvalue weighted by Crippen LogP contribution is -2.33. The van der Waals surface area contributed by atoms with Crippen molar-refractivity contribution < 1.29 is 9.90 Å². The maximum atomic E-state index is 13.0. The summed E-state index contributed by atoms with van der Waals surface area (Å²) < 4.78 is 0. The number of likely N-dealkylation sites (tertiary alicyclic amines) is 1. The highest BCUT2D eigenvalue weighted by Crippen LogP contribution is 2.34. The molecule has 3 aromatic rings. The summed E-state index contributed by atoms with van der Waals surface area (Å²) in [7, 11) is 0. The Morgan fingerprint density at radius 3 is 2.96 bits per heavy atom. The molecule has 6 nitrogen and oxygen atoms in total. The van der Waals surface area contributed by atoms with Crippen molar-refractivity contribution in [2.75, 3.05) is 19.7 Å². The van der Waals surface area contributed by atoms with E-state index in [1.54, 1.807) is 28.4 Å². The lowest BCUT2D eigenvalue weighted by Gasteiger charge is -2.16. The van der Waals surface area contributed by atoms with Crippen molar-refractivity contribution in [2.45, 2.75) is 12.8 Å². The Kier molecular flexibility index (Phi) is 4.34. The van der Waals surface area contributed by atoms with E-state index in [-0.39, 0.29) is 35.3 Å². The largest absolute Gasteiger partial charge is 0.396 e. The van der Waals surface area contributed by atoms with Crippen molar-refractivity contribution in [1.82, 2.24) is 14.9 Å². The molecule has 4 rings (SSSR count). The van der Waals surface area contributed by atoms with E-state index in [9.17, 15) is 14.7 Å². The summed E-state index contributed by atoms with van der Waals surface area (Å²) >= 11 is 1.60. The number of carbonyl (C=O) groups is 1. The molecule has 0 spiro atoms. The minimum Gasteiger partial charge on any atom is -0.396 e. The number of carbonyl (C=O) groups excluding carboxylic acids is 1. The van der Waals surface area contributed by atoms with Crippen LogP contribution in [0, 0.1) is 12.8 Å².